The minimum atomic E-state index is 0.0112. The van der Waals surface area contributed by atoms with Crippen molar-refractivity contribution in [1.29, 1.82) is 0 Å². The van der Waals surface area contributed by atoms with Gasteiger partial charge in [-0.2, -0.15) is 0 Å². The first-order valence-corrected chi connectivity index (χ1v) is 6.27. The number of pyridine rings is 1. The number of nitrogens with zero attached hydrogens (tertiary/aromatic N) is 2. The molecule has 1 fully saturated rings. The molecule has 4 heteroatoms. The van der Waals surface area contributed by atoms with E-state index >= 15 is 0 Å². The van der Waals surface area contributed by atoms with Crippen LogP contribution in [-0.4, -0.2) is 40.2 Å². The molecule has 0 spiro atoms. The first-order valence-electron chi connectivity index (χ1n) is 6.27. The summed E-state index contributed by atoms with van der Waals surface area (Å²) in [4.78, 5) is 6.71. The molecule has 1 aliphatic rings. The number of aliphatic hydroxyl groups is 1. The van der Waals surface area contributed by atoms with E-state index in [4.69, 9.17) is 5.73 Å². The molecule has 4 nitrogen and oxygen atoms in total. The molecule has 0 saturated heterocycles. The lowest BCUT2D eigenvalue weighted by Gasteiger charge is -2.33. The van der Waals surface area contributed by atoms with Crippen molar-refractivity contribution in [2.45, 2.75) is 37.9 Å². The van der Waals surface area contributed by atoms with Crippen molar-refractivity contribution >= 4 is 0 Å². The fourth-order valence-electron chi connectivity index (χ4n) is 2.36. The van der Waals surface area contributed by atoms with Crippen LogP contribution in [0.4, 0.5) is 0 Å². The van der Waals surface area contributed by atoms with E-state index in [0.717, 1.165) is 5.69 Å². The zero-order chi connectivity index (χ0) is 12.3. The Labute approximate surface area is 102 Å². The number of hydrogen-bond donors (Lipinski definition) is 2. The number of hydrogen-bond acceptors (Lipinski definition) is 4. The van der Waals surface area contributed by atoms with Gasteiger partial charge >= 0.3 is 0 Å². The smallest absolute Gasteiger partial charge is 0.0674 e. The SMILES string of the molecule is CC(N)C(c1ccccn1)N(CCO)C1CC1. The van der Waals surface area contributed by atoms with Crippen LogP contribution < -0.4 is 5.73 Å². The summed E-state index contributed by atoms with van der Waals surface area (Å²) in [7, 11) is 0. The second-order valence-electron chi connectivity index (χ2n) is 4.75. The van der Waals surface area contributed by atoms with Crippen molar-refractivity contribution in [3.05, 3.63) is 30.1 Å². The van der Waals surface area contributed by atoms with Gasteiger partial charge in [0.05, 0.1) is 18.3 Å². The van der Waals surface area contributed by atoms with E-state index in [2.05, 4.69) is 9.88 Å². The maximum absolute atomic E-state index is 9.19. The molecule has 2 unspecified atom stereocenters. The second-order valence-corrected chi connectivity index (χ2v) is 4.75. The molecule has 1 aromatic rings. The lowest BCUT2D eigenvalue weighted by atomic mass is 10.0. The van der Waals surface area contributed by atoms with Crippen LogP contribution in [0.2, 0.25) is 0 Å². The van der Waals surface area contributed by atoms with Crippen molar-refractivity contribution < 1.29 is 5.11 Å². The highest BCUT2D eigenvalue weighted by Gasteiger charge is 2.36. The third kappa shape index (κ3) is 3.03. The topological polar surface area (TPSA) is 62.4 Å². The molecule has 17 heavy (non-hydrogen) atoms. The van der Waals surface area contributed by atoms with Crippen LogP contribution in [0.15, 0.2) is 24.4 Å². The van der Waals surface area contributed by atoms with Crippen LogP contribution in [-0.2, 0) is 0 Å². The van der Waals surface area contributed by atoms with Gasteiger partial charge in [0.15, 0.2) is 0 Å². The molecule has 1 saturated carbocycles. The molecule has 1 aromatic heterocycles. The Kier molecular flexibility index (Phi) is 4.10. The normalized spacial score (nSPS) is 19.3. The quantitative estimate of drug-likeness (QED) is 0.770. The second kappa shape index (κ2) is 5.58. The van der Waals surface area contributed by atoms with Gasteiger partial charge in [-0.1, -0.05) is 6.07 Å². The Bertz CT molecular complexity index is 338. The van der Waals surface area contributed by atoms with Crippen molar-refractivity contribution in [3.63, 3.8) is 0 Å². The molecule has 0 bridgehead atoms. The van der Waals surface area contributed by atoms with Crippen molar-refractivity contribution in [3.8, 4) is 0 Å². The number of aliphatic hydroxyl groups excluding tert-OH is 1. The summed E-state index contributed by atoms with van der Waals surface area (Å²) in [5.41, 5.74) is 7.10. The van der Waals surface area contributed by atoms with Crippen LogP contribution in [0.5, 0.6) is 0 Å². The average Bonchev–Trinajstić information content (AvgIpc) is 3.13. The van der Waals surface area contributed by atoms with Crippen LogP contribution in [0.25, 0.3) is 0 Å². The lowest BCUT2D eigenvalue weighted by Crippen LogP contribution is -2.42. The minimum absolute atomic E-state index is 0.0112. The van der Waals surface area contributed by atoms with Crippen molar-refractivity contribution in [2.75, 3.05) is 13.2 Å². The molecular formula is C13H21N3O. The highest BCUT2D eigenvalue weighted by molar-refractivity contribution is 5.12. The maximum Gasteiger partial charge on any atom is 0.0674 e. The van der Waals surface area contributed by atoms with Gasteiger partial charge in [0.25, 0.3) is 0 Å². The zero-order valence-electron chi connectivity index (χ0n) is 10.3. The fraction of sp³-hybridized carbons (Fsp3) is 0.615. The Morgan fingerprint density at radius 1 is 1.53 bits per heavy atom. The minimum Gasteiger partial charge on any atom is -0.395 e. The van der Waals surface area contributed by atoms with Gasteiger partial charge in [-0.25, -0.2) is 0 Å². The number of aromatic nitrogens is 1. The molecular weight excluding hydrogens is 214 g/mol. The molecule has 1 aliphatic carbocycles. The summed E-state index contributed by atoms with van der Waals surface area (Å²) < 4.78 is 0. The van der Waals surface area contributed by atoms with E-state index in [1.165, 1.54) is 12.8 Å². The third-order valence-corrected chi connectivity index (χ3v) is 3.22. The number of rotatable bonds is 6. The summed E-state index contributed by atoms with van der Waals surface area (Å²) in [6.45, 7) is 2.85. The van der Waals surface area contributed by atoms with E-state index in [-0.39, 0.29) is 18.7 Å². The summed E-state index contributed by atoms with van der Waals surface area (Å²) in [5.74, 6) is 0. The van der Waals surface area contributed by atoms with E-state index in [0.29, 0.717) is 12.6 Å². The molecule has 1 heterocycles. The number of nitrogens with two attached hydrogens (primary N) is 1. The van der Waals surface area contributed by atoms with Gasteiger partial charge in [-0.15, -0.1) is 0 Å². The lowest BCUT2D eigenvalue weighted by molar-refractivity contribution is 0.126. The third-order valence-electron chi connectivity index (χ3n) is 3.22. The van der Waals surface area contributed by atoms with Gasteiger partial charge in [0.2, 0.25) is 0 Å². The predicted octanol–water partition coefficient (Wildman–Crippen LogP) is 0.927. The first-order chi connectivity index (χ1) is 8.24. The Morgan fingerprint density at radius 2 is 2.29 bits per heavy atom. The highest BCUT2D eigenvalue weighted by atomic mass is 16.3. The Balaban J connectivity index is 2.20. The summed E-state index contributed by atoms with van der Waals surface area (Å²) in [6, 6.07) is 6.60. The fourth-order valence-corrected chi connectivity index (χ4v) is 2.36. The molecule has 0 amide bonds. The molecule has 3 N–H and O–H groups in total. The van der Waals surface area contributed by atoms with E-state index in [1.54, 1.807) is 6.20 Å². The van der Waals surface area contributed by atoms with Crippen molar-refractivity contribution in [2.24, 2.45) is 5.73 Å². The zero-order valence-corrected chi connectivity index (χ0v) is 10.3. The first kappa shape index (κ1) is 12.5. The molecule has 2 rings (SSSR count). The Morgan fingerprint density at radius 3 is 2.76 bits per heavy atom. The monoisotopic (exact) mass is 235 g/mol. The summed E-state index contributed by atoms with van der Waals surface area (Å²) >= 11 is 0. The molecule has 0 radical (unpaired) electrons. The van der Waals surface area contributed by atoms with Gasteiger partial charge in [-0.3, -0.25) is 9.88 Å². The van der Waals surface area contributed by atoms with E-state index in [1.807, 2.05) is 25.1 Å². The van der Waals surface area contributed by atoms with Crippen LogP contribution in [0.1, 0.15) is 31.5 Å². The molecule has 94 valence electrons. The van der Waals surface area contributed by atoms with Gasteiger partial charge in [-0.05, 0) is 31.9 Å². The van der Waals surface area contributed by atoms with E-state index in [9.17, 15) is 5.11 Å². The van der Waals surface area contributed by atoms with Gasteiger partial charge < -0.3 is 10.8 Å². The summed E-state index contributed by atoms with van der Waals surface area (Å²) in [6.07, 6.45) is 4.21. The molecule has 0 aliphatic heterocycles. The van der Waals surface area contributed by atoms with Crippen LogP contribution >= 0.6 is 0 Å². The van der Waals surface area contributed by atoms with Gasteiger partial charge in [0, 0.05) is 24.8 Å². The predicted molar refractivity (Wildman–Crippen MR) is 67.4 cm³/mol. The van der Waals surface area contributed by atoms with Crippen LogP contribution in [0.3, 0.4) is 0 Å². The highest BCUT2D eigenvalue weighted by Crippen LogP contribution is 2.34. The average molecular weight is 235 g/mol. The Hall–Kier alpha value is -0.970. The largest absolute Gasteiger partial charge is 0.395 e. The maximum atomic E-state index is 9.19. The van der Waals surface area contributed by atoms with Gasteiger partial charge in [0.1, 0.15) is 0 Å². The van der Waals surface area contributed by atoms with Crippen molar-refractivity contribution in [1.82, 2.24) is 9.88 Å². The summed E-state index contributed by atoms with van der Waals surface area (Å²) in [5, 5.41) is 9.19. The molecule has 0 aromatic carbocycles. The van der Waals surface area contributed by atoms with E-state index < -0.39 is 0 Å². The molecule has 2 atom stereocenters. The van der Waals surface area contributed by atoms with Crippen LogP contribution in [0, 0.1) is 0 Å². The standard InChI is InChI=1S/C13H21N3O/c1-10(14)13(12-4-2-3-7-15-12)16(8-9-17)11-5-6-11/h2-4,7,10-11,13,17H,5-6,8-9,14H2,1H3.